The molecule has 0 aliphatic carbocycles. The second-order valence-electron chi connectivity index (χ2n) is 35.8. The Morgan fingerprint density at radius 1 is 0.366 bits per heavy atom. The van der Waals surface area contributed by atoms with Gasteiger partial charge in [0.1, 0.15) is 57.4 Å². The molecule has 0 radical (unpaired) electrons. The van der Waals surface area contributed by atoms with Crippen molar-refractivity contribution in [3.05, 3.63) is 309 Å². The summed E-state index contributed by atoms with van der Waals surface area (Å²) in [5.41, 5.74) is 14.8. The van der Waals surface area contributed by atoms with Crippen molar-refractivity contribution in [3.8, 4) is 23.0 Å². The molecule has 6 aliphatic rings. The third kappa shape index (κ3) is 37.3. The van der Waals surface area contributed by atoms with Gasteiger partial charge >= 0.3 is 30.8 Å². The fraction of sp³-hybridized carbons (Fsp3) is 0.400. The minimum Gasteiger partial charge on any atom is -0.870 e. The molecule has 6 N–H and O–H groups in total. The Bertz CT molecular complexity index is 5440. The molecule has 1 amide bonds. The van der Waals surface area contributed by atoms with Crippen molar-refractivity contribution >= 4 is 58.3 Å². The van der Waals surface area contributed by atoms with E-state index in [1.54, 1.807) is 69.7 Å². The number of rotatable bonds is 30. The average molecular weight is 1940 g/mol. The topological polar surface area (TPSA) is 384 Å². The number of hydrogen-bond donors (Lipinski definition) is 4. The average Bonchev–Trinajstić information content (AvgIpc) is 0.878. The largest absolute Gasteiger partial charge is 1.00 e. The molecular weight excluding hydrogens is 1810 g/mol. The van der Waals surface area contributed by atoms with Crippen LogP contribution in [0, 0.1) is 41.2 Å². The van der Waals surface area contributed by atoms with E-state index < -0.39 is 19.1 Å². The summed E-state index contributed by atoms with van der Waals surface area (Å²) in [5, 5.41) is 20.6. The van der Waals surface area contributed by atoms with Crippen molar-refractivity contribution in [2.24, 2.45) is 35.3 Å². The number of nitrogens with zero attached hydrogens (tertiary/aromatic N) is 9. The molecule has 0 bridgehead atoms. The number of methoxy groups -OCH3 is 4. The van der Waals surface area contributed by atoms with Gasteiger partial charge in [0, 0.05) is 123 Å². The third-order valence-electron chi connectivity index (χ3n) is 26.0. The van der Waals surface area contributed by atoms with Gasteiger partial charge in [-0.25, -0.2) is 23.4 Å². The molecule has 10 aromatic rings. The number of ketones is 7. The normalized spacial score (nSPS) is 15.6. The summed E-state index contributed by atoms with van der Waals surface area (Å²) in [6.07, 6.45) is 18.0. The zero-order valence-corrected chi connectivity index (χ0v) is 82.2. The van der Waals surface area contributed by atoms with Gasteiger partial charge in [0.25, 0.3) is 5.91 Å². The number of amides is 1. The molecule has 32 heteroatoms. The van der Waals surface area contributed by atoms with Crippen LogP contribution in [0.25, 0.3) is 0 Å². The van der Waals surface area contributed by atoms with Gasteiger partial charge in [0.15, 0.2) is 40.5 Å². The zero-order valence-electron chi connectivity index (χ0n) is 83.2. The predicted octanol–water partition coefficient (Wildman–Crippen LogP) is 14.5. The van der Waals surface area contributed by atoms with E-state index >= 15 is 0 Å². The second kappa shape index (κ2) is 59.9. The monoisotopic (exact) mass is 1940 g/mol. The maximum absolute atomic E-state index is 13.2. The van der Waals surface area contributed by atoms with E-state index in [2.05, 4.69) is 93.4 Å². The summed E-state index contributed by atoms with van der Waals surface area (Å²) >= 11 is 0. The van der Waals surface area contributed by atoms with Crippen LogP contribution in [0.3, 0.4) is 0 Å². The van der Waals surface area contributed by atoms with E-state index in [-0.39, 0.29) is 105 Å². The van der Waals surface area contributed by atoms with Crippen molar-refractivity contribution < 1.29 is 116 Å². The molecule has 750 valence electrons. The van der Waals surface area contributed by atoms with E-state index in [0.29, 0.717) is 114 Å². The summed E-state index contributed by atoms with van der Waals surface area (Å²) in [6.45, 7) is 17.5. The molecule has 0 atom stereocenters. The number of ether oxygens (including phenoxy) is 4. The number of carbonyl (C=O) groups is 10. The molecule has 6 aliphatic heterocycles. The Morgan fingerprint density at radius 3 is 0.901 bits per heavy atom. The maximum atomic E-state index is 13.2. The van der Waals surface area contributed by atoms with Gasteiger partial charge in [-0.3, -0.25) is 77.3 Å². The Balaban J connectivity index is 0.000000218. The molecular formula is C110H131F3LiN11O17. The Hall–Kier alpha value is -12.7. The van der Waals surface area contributed by atoms with Crippen molar-refractivity contribution in [2.75, 3.05) is 114 Å². The summed E-state index contributed by atoms with van der Waals surface area (Å²) in [6, 6.07) is 56.9. The van der Waals surface area contributed by atoms with Crippen LogP contribution < -0.4 is 48.9 Å². The summed E-state index contributed by atoms with van der Waals surface area (Å²) in [5.74, 6) is 1.63. The number of benzene rings is 6. The molecule has 6 saturated heterocycles. The van der Waals surface area contributed by atoms with Gasteiger partial charge in [-0.2, -0.15) is 0 Å². The number of nitrogens with two attached hydrogens (primary N) is 1. The summed E-state index contributed by atoms with van der Waals surface area (Å²) in [4.78, 5) is 146. The first-order valence-corrected chi connectivity index (χ1v) is 47.6. The molecule has 28 nitrogen and oxygen atoms in total. The number of piperidine rings is 6. The third-order valence-corrected chi connectivity index (χ3v) is 26.0. The van der Waals surface area contributed by atoms with Crippen LogP contribution in [0.2, 0.25) is 0 Å². The van der Waals surface area contributed by atoms with Crippen molar-refractivity contribution in [2.45, 2.75) is 142 Å². The smallest absolute Gasteiger partial charge is 0.870 e. The number of aromatic nitrogens is 4. The van der Waals surface area contributed by atoms with E-state index in [4.69, 9.17) is 36.3 Å². The van der Waals surface area contributed by atoms with Crippen LogP contribution in [0.15, 0.2) is 219 Å². The molecule has 142 heavy (non-hydrogen) atoms. The first-order valence-electron chi connectivity index (χ1n) is 48.3. The molecule has 6 fully saturated rings. The Labute approximate surface area is 843 Å². The number of halogens is 3. The summed E-state index contributed by atoms with van der Waals surface area (Å²) in [7, 11) is 5.70. The van der Waals surface area contributed by atoms with Crippen LogP contribution in [0.1, 0.15) is 238 Å². The maximum Gasteiger partial charge on any atom is 1.00 e. The van der Waals surface area contributed by atoms with E-state index in [1.165, 1.54) is 122 Å². The Morgan fingerprint density at radius 2 is 0.634 bits per heavy atom. The van der Waals surface area contributed by atoms with Gasteiger partial charge in [-0.05, 0) is 342 Å². The number of carboxylic acid groups (broad SMARTS) is 2. The Kier molecular flexibility index (Phi) is 47.7. The molecule has 6 aromatic carbocycles. The van der Waals surface area contributed by atoms with Crippen molar-refractivity contribution in [1.82, 2.24) is 49.8 Å². The summed E-state index contributed by atoms with van der Waals surface area (Å²) < 4.78 is 62.1. The molecule has 4 aromatic heterocycles. The van der Waals surface area contributed by atoms with Crippen LogP contribution >= 0.6 is 0 Å². The standard InChI is InChI=1S/C33H36FN3O4.C22H26N2O3.C21H24N2O4.C13H20N2O.C12H14FNO.C8H7NO3.CH3F.Li.H2O/c1-41-29-9-2-24(3-10-29)22-36-16-12-23(13-17-36)20-31(38)30-11-6-27(21-35-30)33(40)37-18-14-26(15-19-37)32(39)25-4-7-28(34)8-5-25;1-16(25)19-5-8-21(23-14-19)22(26)13-17-9-11-24(12-10-17)15-18-3-6-20(27-2)7-4-18;1-27-18-5-2-16(3-6-18)14-23-10-8-15(9-11-23)12-20(24)19-7-4-17(13-22-19)21(25)26;1-16-13-4-2-11(3-5-13)10-15-8-6-12(14)7-9-15;13-11-3-1-9(2-4-11)12(15)10-5-7-14-8-6-10;1-5(10)6-2-3-7(8(11)12)9-4-6;1-2;;/h2-11,21,23,26H,12-20,22H2,1H3;3-8,14,17H,9-13,15H2,1-2H3;2-7,13,15H,8-12,14H2,1H3,(H,25,26);2-5,12H,6-10,14H2,1H3;1-4,10,14H,5-8H2;2-4H,1H3,(H,11,12);1H3;;1H2/q;;;;;;;+1;/p-1/i;;;;;;1D;;. The van der Waals surface area contributed by atoms with Crippen LogP contribution in [0.4, 0.5) is 13.2 Å². The van der Waals surface area contributed by atoms with Gasteiger partial charge in [0.2, 0.25) is 0 Å². The fourth-order valence-corrected chi connectivity index (χ4v) is 17.4. The van der Waals surface area contributed by atoms with Crippen LogP contribution in [0.5, 0.6) is 23.0 Å². The van der Waals surface area contributed by atoms with Crippen LogP contribution in [-0.2, 0) is 26.2 Å². The van der Waals surface area contributed by atoms with Crippen LogP contribution in [-0.4, -0.2) is 239 Å². The second-order valence-corrected chi connectivity index (χ2v) is 35.8. The number of carbonyl (C=O) groups excluding carboxylic acids is 8. The zero-order chi connectivity index (χ0) is 101. The first kappa shape index (κ1) is 113. The van der Waals surface area contributed by atoms with E-state index in [1.807, 2.05) is 48.5 Å². The number of alkyl halides is 1. The van der Waals surface area contributed by atoms with Crippen molar-refractivity contribution in [3.63, 3.8) is 0 Å². The SMILES string of the molecule is CC(=O)c1ccc(C(=O)O)nc1.COc1ccc(CN2CCC(CC(=O)c3ccc(C(=O)N4CCC(C(=O)c5ccc(F)cc5)CC4)cn3)CC2)cc1.COc1ccc(CN2CCC(CC(=O)c3ccc(C(=O)O)cn3)CC2)cc1.COc1ccc(CN2CCC(CC(=O)c3ccc(C(C)=O)cn3)CC2)cc1.COc1ccc(CN2CCC(N)CC2)cc1.O=C(c1ccc(F)cc1)C1CCNCC1.[2H]CF.[Li+].[OH-]. The molecule has 0 spiro atoms. The number of carboxylic acids is 2. The number of hydrogen-bond acceptors (Lipinski definition) is 25. The number of aromatic carboxylic acids is 2. The van der Waals surface area contributed by atoms with Crippen molar-refractivity contribution in [1.29, 1.82) is 0 Å². The molecule has 16 rings (SSSR count). The van der Waals surface area contributed by atoms with Gasteiger partial charge in [-0.1, -0.05) is 48.5 Å². The fourth-order valence-electron chi connectivity index (χ4n) is 17.4. The minimum atomic E-state index is -1.09. The van der Waals surface area contributed by atoms with Gasteiger partial charge < -0.3 is 50.6 Å². The number of pyridine rings is 4. The molecule has 0 unspecified atom stereocenters. The molecule has 0 saturated carbocycles. The van der Waals surface area contributed by atoms with Gasteiger partial charge in [0.05, 0.1) is 48.1 Å². The number of Topliss-reactive ketones (excluding diaryl/α,β-unsaturated/α-hetero) is 7. The first-order chi connectivity index (χ1) is 68.1. The van der Waals surface area contributed by atoms with E-state index in [0.717, 1.165) is 179 Å². The quantitative estimate of drug-likeness (QED) is 0.0240. The molecule has 10 heterocycles. The van der Waals surface area contributed by atoms with E-state index in [9.17, 15) is 61.1 Å². The number of likely N-dealkylation sites (tertiary alicyclic amines) is 5. The number of nitrogens with one attached hydrogen (secondary N) is 1. The van der Waals surface area contributed by atoms with Gasteiger partial charge in [-0.15, -0.1) is 0 Å². The minimum absolute atomic E-state index is 0. The predicted molar refractivity (Wildman–Crippen MR) is 531 cm³/mol.